The molecule has 0 unspecified atom stereocenters. The Balaban J connectivity index is 1.74. The summed E-state index contributed by atoms with van der Waals surface area (Å²) in [4.78, 5) is 0. The summed E-state index contributed by atoms with van der Waals surface area (Å²) in [7, 11) is -2.93. The summed E-state index contributed by atoms with van der Waals surface area (Å²) >= 11 is 0. The molecule has 0 atom stereocenters. The molecule has 3 heteroatoms. The first kappa shape index (κ1) is 17.3. The van der Waals surface area contributed by atoms with Crippen molar-refractivity contribution < 1.29 is 9.30 Å². The van der Waals surface area contributed by atoms with Gasteiger partial charge in [-0.2, -0.15) is 0 Å². The molecular formula is C24H19O2P. The minimum absolute atomic E-state index is 0.720. The third-order valence-corrected chi connectivity index (χ3v) is 7.49. The van der Waals surface area contributed by atoms with Gasteiger partial charge in [0.1, 0.15) is 11.5 Å². The maximum atomic E-state index is 14.2. The number of hydrogen-bond acceptors (Lipinski definition) is 2. The molecule has 0 saturated carbocycles. The van der Waals surface area contributed by atoms with Crippen LogP contribution in [-0.4, -0.2) is 0 Å². The molecule has 0 bridgehead atoms. The fourth-order valence-electron chi connectivity index (χ4n) is 3.07. The van der Waals surface area contributed by atoms with Gasteiger partial charge in [0.2, 0.25) is 0 Å². The standard InChI is InChI=1S/C24H19O2P/c25-27(22-12-6-2-7-13-22,23-14-8-3-9-15-23)24-18-16-21(17-19-24)26-20-10-4-1-5-11-20/h1-19H. The molecule has 132 valence electrons. The molecule has 0 N–H and O–H groups in total. The van der Waals surface area contributed by atoms with Crippen molar-refractivity contribution in [1.29, 1.82) is 0 Å². The van der Waals surface area contributed by atoms with Crippen molar-refractivity contribution in [3.8, 4) is 11.5 Å². The Kier molecular flexibility index (Phi) is 4.91. The summed E-state index contributed by atoms with van der Waals surface area (Å²) in [5.41, 5.74) is 0. The summed E-state index contributed by atoms with van der Waals surface area (Å²) in [6.45, 7) is 0. The van der Waals surface area contributed by atoms with E-state index in [1.165, 1.54) is 0 Å². The highest BCUT2D eigenvalue weighted by Crippen LogP contribution is 2.42. The van der Waals surface area contributed by atoms with Crippen LogP contribution in [0.2, 0.25) is 0 Å². The second-order valence-corrected chi connectivity index (χ2v) is 8.96. The summed E-state index contributed by atoms with van der Waals surface area (Å²) < 4.78 is 20.1. The van der Waals surface area contributed by atoms with Gasteiger partial charge in [-0.05, 0) is 36.4 Å². The number of para-hydroxylation sites is 1. The Morgan fingerprint density at radius 2 is 0.815 bits per heavy atom. The van der Waals surface area contributed by atoms with Gasteiger partial charge in [0.05, 0.1) is 0 Å². The summed E-state index contributed by atoms with van der Waals surface area (Å²) in [6, 6.07) is 36.5. The molecule has 2 nitrogen and oxygen atoms in total. The van der Waals surface area contributed by atoms with Crippen LogP contribution in [0.4, 0.5) is 0 Å². The van der Waals surface area contributed by atoms with Crippen LogP contribution in [0, 0.1) is 0 Å². The zero-order chi connectivity index (χ0) is 18.5. The van der Waals surface area contributed by atoms with E-state index < -0.39 is 7.14 Å². The molecule has 0 aliphatic heterocycles. The summed E-state index contributed by atoms with van der Waals surface area (Å²) in [5, 5.41) is 2.45. The zero-order valence-electron chi connectivity index (χ0n) is 14.7. The van der Waals surface area contributed by atoms with Crippen LogP contribution in [0.1, 0.15) is 0 Å². The number of rotatable bonds is 5. The van der Waals surface area contributed by atoms with Crippen LogP contribution in [0.5, 0.6) is 11.5 Å². The fraction of sp³-hybridized carbons (Fsp3) is 0. The van der Waals surface area contributed by atoms with Gasteiger partial charge in [-0.15, -0.1) is 0 Å². The fourth-order valence-corrected chi connectivity index (χ4v) is 5.72. The maximum Gasteiger partial charge on any atom is 0.171 e. The Hall–Kier alpha value is -3.09. The lowest BCUT2D eigenvalue weighted by atomic mass is 10.3. The Morgan fingerprint density at radius 1 is 0.444 bits per heavy atom. The van der Waals surface area contributed by atoms with Gasteiger partial charge >= 0.3 is 0 Å². The first-order valence-electron chi connectivity index (χ1n) is 8.82. The SMILES string of the molecule is O=P(c1ccccc1)(c1ccccc1)c1ccc(Oc2ccccc2)cc1. The molecule has 4 rings (SSSR count). The lowest BCUT2D eigenvalue weighted by molar-refractivity contribution is 0.483. The third kappa shape index (κ3) is 3.58. The van der Waals surface area contributed by atoms with Crippen LogP contribution in [0.15, 0.2) is 115 Å². The van der Waals surface area contributed by atoms with Crippen molar-refractivity contribution in [3.63, 3.8) is 0 Å². The van der Waals surface area contributed by atoms with Crippen LogP contribution < -0.4 is 20.7 Å². The number of benzene rings is 4. The van der Waals surface area contributed by atoms with Gasteiger partial charge < -0.3 is 9.30 Å². The average Bonchev–Trinajstić information content (AvgIpc) is 2.76. The molecule has 0 aliphatic carbocycles. The molecule has 4 aromatic carbocycles. The van der Waals surface area contributed by atoms with E-state index in [4.69, 9.17) is 4.74 Å². The molecule has 4 aromatic rings. The average molecular weight is 370 g/mol. The predicted molar refractivity (Wildman–Crippen MR) is 112 cm³/mol. The molecule has 0 saturated heterocycles. The van der Waals surface area contributed by atoms with Crippen LogP contribution in [-0.2, 0) is 4.57 Å². The van der Waals surface area contributed by atoms with E-state index in [9.17, 15) is 4.57 Å². The molecule has 0 amide bonds. The van der Waals surface area contributed by atoms with E-state index in [0.717, 1.165) is 27.4 Å². The maximum absolute atomic E-state index is 14.2. The number of hydrogen-bond donors (Lipinski definition) is 0. The molecule has 0 aromatic heterocycles. The van der Waals surface area contributed by atoms with Crippen LogP contribution >= 0.6 is 7.14 Å². The first-order valence-corrected chi connectivity index (χ1v) is 10.5. The molecule has 0 aliphatic rings. The highest BCUT2D eigenvalue weighted by Gasteiger charge is 2.29. The van der Waals surface area contributed by atoms with Crippen LogP contribution in [0.3, 0.4) is 0 Å². The lowest BCUT2D eigenvalue weighted by Crippen LogP contribution is -2.24. The zero-order valence-corrected chi connectivity index (χ0v) is 15.6. The van der Waals surface area contributed by atoms with E-state index in [-0.39, 0.29) is 0 Å². The van der Waals surface area contributed by atoms with Gasteiger partial charge in [-0.1, -0.05) is 78.9 Å². The van der Waals surface area contributed by atoms with E-state index >= 15 is 0 Å². The van der Waals surface area contributed by atoms with Crippen molar-refractivity contribution >= 4 is 23.1 Å². The highest BCUT2D eigenvalue weighted by molar-refractivity contribution is 7.85. The van der Waals surface area contributed by atoms with Crippen molar-refractivity contribution in [1.82, 2.24) is 0 Å². The van der Waals surface area contributed by atoms with Crippen molar-refractivity contribution in [2.45, 2.75) is 0 Å². The van der Waals surface area contributed by atoms with Gasteiger partial charge in [0.25, 0.3) is 0 Å². The number of ether oxygens (including phenoxy) is 1. The molecule has 0 spiro atoms. The lowest BCUT2D eigenvalue weighted by Gasteiger charge is -2.20. The molecule has 27 heavy (non-hydrogen) atoms. The van der Waals surface area contributed by atoms with Crippen molar-refractivity contribution in [2.75, 3.05) is 0 Å². The quantitative estimate of drug-likeness (QED) is 0.456. The monoisotopic (exact) mass is 370 g/mol. The minimum Gasteiger partial charge on any atom is -0.457 e. The smallest absolute Gasteiger partial charge is 0.171 e. The largest absolute Gasteiger partial charge is 0.457 e. The molecule has 0 fully saturated rings. The van der Waals surface area contributed by atoms with Crippen molar-refractivity contribution in [2.24, 2.45) is 0 Å². The van der Waals surface area contributed by atoms with E-state index in [1.807, 2.05) is 115 Å². The van der Waals surface area contributed by atoms with Gasteiger partial charge in [-0.3, -0.25) is 0 Å². The van der Waals surface area contributed by atoms with Gasteiger partial charge in [-0.25, -0.2) is 0 Å². The Bertz CT molecular complexity index is 1000. The van der Waals surface area contributed by atoms with E-state index in [0.29, 0.717) is 0 Å². The second-order valence-electron chi connectivity index (χ2n) is 6.19. The topological polar surface area (TPSA) is 26.3 Å². The Labute approximate surface area is 159 Å². The summed E-state index contributed by atoms with van der Waals surface area (Å²) in [5.74, 6) is 1.50. The molecule has 0 heterocycles. The highest BCUT2D eigenvalue weighted by atomic mass is 31.2. The summed E-state index contributed by atoms with van der Waals surface area (Å²) in [6.07, 6.45) is 0. The van der Waals surface area contributed by atoms with E-state index in [1.54, 1.807) is 0 Å². The minimum atomic E-state index is -2.93. The normalized spacial score (nSPS) is 11.1. The van der Waals surface area contributed by atoms with Crippen LogP contribution in [0.25, 0.3) is 0 Å². The first-order chi connectivity index (χ1) is 13.3. The second kappa shape index (κ2) is 7.65. The Morgan fingerprint density at radius 3 is 1.30 bits per heavy atom. The van der Waals surface area contributed by atoms with E-state index in [2.05, 4.69) is 0 Å². The predicted octanol–water partition coefficient (Wildman–Crippen LogP) is 5.12. The molecule has 0 radical (unpaired) electrons. The van der Waals surface area contributed by atoms with Gasteiger partial charge in [0.15, 0.2) is 7.14 Å². The van der Waals surface area contributed by atoms with Gasteiger partial charge in [0, 0.05) is 15.9 Å². The third-order valence-electron chi connectivity index (χ3n) is 4.42. The van der Waals surface area contributed by atoms with Crippen molar-refractivity contribution in [3.05, 3.63) is 115 Å². The molecular weight excluding hydrogens is 351 g/mol.